The number of nitriles is 1. The summed E-state index contributed by atoms with van der Waals surface area (Å²) in [6.45, 7) is 1.42. The van der Waals surface area contributed by atoms with Gasteiger partial charge in [-0.2, -0.15) is 5.26 Å². The van der Waals surface area contributed by atoms with Crippen LogP contribution in [0, 0.1) is 11.3 Å². The van der Waals surface area contributed by atoms with Crippen molar-refractivity contribution in [2.75, 3.05) is 18.0 Å². The van der Waals surface area contributed by atoms with Gasteiger partial charge >= 0.3 is 0 Å². The van der Waals surface area contributed by atoms with Crippen molar-refractivity contribution in [3.8, 4) is 6.07 Å². The number of allylic oxidation sites excluding steroid dienone is 1. The van der Waals surface area contributed by atoms with E-state index in [0.717, 1.165) is 31.8 Å². The van der Waals surface area contributed by atoms with Crippen LogP contribution in [0.15, 0.2) is 63.3 Å². The molecular weight excluding hydrogens is 448 g/mol. The number of nitrogens with zero attached hydrogens (tertiary/aromatic N) is 4. The maximum Gasteiger partial charge on any atom is 0.267 e. The Morgan fingerprint density at radius 3 is 2.41 bits per heavy atom. The summed E-state index contributed by atoms with van der Waals surface area (Å²) in [4.78, 5) is 19.5. The first-order chi connectivity index (χ1) is 15.4. The summed E-state index contributed by atoms with van der Waals surface area (Å²) in [5.41, 5.74) is 0.131. The molecule has 1 fully saturated rings. The van der Waals surface area contributed by atoms with Crippen molar-refractivity contribution >= 4 is 39.0 Å². The molecule has 3 heterocycles. The van der Waals surface area contributed by atoms with Crippen molar-refractivity contribution in [2.45, 2.75) is 30.6 Å². The first kappa shape index (κ1) is 22.1. The van der Waals surface area contributed by atoms with Crippen molar-refractivity contribution in [3.63, 3.8) is 0 Å². The van der Waals surface area contributed by atoms with Crippen LogP contribution in [-0.4, -0.2) is 30.9 Å². The molecule has 0 radical (unpaired) electrons. The van der Waals surface area contributed by atoms with Crippen molar-refractivity contribution in [1.29, 1.82) is 5.26 Å². The summed E-state index contributed by atoms with van der Waals surface area (Å²) in [7, 11) is -4.14. The maximum atomic E-state index is 13.4. The van der Waals surface area contributed by atoms with Crippen LogP contribution in [0.2, 0.25) is 5.02 Å². The van der Waals surface area contributed by atoms with Crippen molar-refractivity contribution in [3.05, 3.63) is 74.5 Å². The lowest BCUT2D eigenvalue weighted by atomic mass is 10.2. The van der Waals surface area contributed by atoms with Crippen LogP contribution in [-0.2, 0) is 9.84 Å². The van der Waals surface area contributed by atoms with E-state index in [1.807, 2.05) is 4.90 Å². The molecule has 9 heteroatoms. The quantitative estimate of drug-likeness (QED) is 0.535. The molecule has 0 N–H and O–H groups in total. The van der Waals surface area contributed by atoms with Gasteiger partial charge in [0.25, 0.3) is 5.56 Å². The molecule has 2 aromatic heterocycles. The first-order valence-electron chi connectivity index (χ1n) is 10.3. The van der Waals surface area contributed by atoms with Crippen molar-refractivity contribution in [1.82, 2.24) is 9.38 Å². The van der Waals surface area contributed by atoms with Crippen LogP contribution >= 0.6 is 11.6 Å². The van der Waals surface area contributed by atoms with Crippen molar-refractivity contribution in [2.24, 2.45) is 0 Å². The Kier molecular flexibility index (Phi) is 6.31. The molecule has 32 heavy (non-hydrogen) atoms. The molecule has 164 valence electrons. The number of anilines is 1. The number of benzene rings is 1. The highest BCUT2D eigenvalue weighted by Gasteiger charge is 2.24. The van der Waals surface area contributed by atoms with E-state index >= 15 is 0 Å². The molecular formula is C23H21ClN4O3S. The van der Waals surface area contributed by atoms with Crippen LogP contribution in [0.5, 0.6) is 0 Å². The Morgan fingerprint density at radius 1 is 1.06 bits per heavy atom. The topological polar surface area (TPSA) is 95.5 Å². The number of pyridine rings is 1. The van der Waals surface area contributed by atoms with E-state index in [9.17, 15) is 18.5 Å². The molecule has 0 spiro atoms. The molecule has 0 saturated carbocycles. The largest absolute Gasteiger partial charge is 0.356 e. The minimum Gasteiger partial charge on any atom is -0.356 e. The minimum absolute atomic E-state index is 0.0696. The van der Waals surface area contributed by atoms with Gasteiger partial charge in [0.05, 0.1) is 10.5 Å². The summed E-state index contributed by atoms with van der Waals surface area (Å²) in [5, 5.41) is 10.1. The van der Waals surface area contributed by atoms with Gasteiger partial charge < -0.3 is 4.90 Å². The summed E-state index contributed by atoms with van der Waals surface area (Å²) < 4.78 is 27.6. The molecule has 0 atom stereocenters. The molecule has 0 amide bonds. The highest BCUT2D eigenvalue weighted by atomic mass is 35.5. The normalized spacial score (nSPS) is 15.4. The second-order valence-electron chi connectivity index (χ2n) is 7.56. The van der Waals surface area contributed by atoms with Gasteiger partial charge in [-0.3, -0.25) is 9.20 Å². The van der Waals surface area contributed by atoms with E-state index in [4.69, 9.17) is 11.6 Å². The fourth-order valence-corrected chi connectivity index (χ4v) is 5.05. The zero-order valence-corrected chi connectivity index (χ0v) is 18.8. The number of fused-ring (bicyclic) bond motifs is 1. The third-order valence-electron chi connectivity index (χ3n) is 5.45. The fourth-order valence-electron chi connectivity index (χ4n) is 3.78. The van der Waals surface area contributed by atoms with Crippen LogP contribution in [0.25, 0.3) is 11.7 Å². The summed E-state index contributed by atoms with van der Waals surface area (Å²) in [6, 6.07) is 12.5. The van der Waals surface area contributed by atoms with Gasteiger partial charge in [-0.25, -0.2) is 13.4 Å². The smallest absolute Gasteiger partial charge is 0.267 e. The van der Waals surface area contributed by atoms with Crippen LogP contribution in [0.1, 0.15) is 31.2 Å². The van der Waals surface area contributed by atoms with Crippen LogP contribution in [0.3, 0.4) is 0 Å². The highest BCUT2D eigenvalue weighted by Crippen LogP contribution is 2.26. The molecule has 1 aromatic carbocycles. The van der Waals surface area contributed by atoms with Gasteiger partial charge in [-0.15, -0.1) is 0 Å². The van der Waals surface area contributed by atoms with Gasteiger partial charge in [0.1, 0.15) is 22.4 Å². The lowest BCUT2D eigenvalue weighted by Crippen LogP contribution is -2.30. The van der Waals surface area contributed by atoms with Gasteiger partial charge in [0.15, 0.2) is 0 Å². The van der Waals surface area contributed by atoms with Crippen LogP contribution in [0.4, 0.5) is 5.82 Å². The van der Waals surface area contributed by atoms with Gasteiger partial charge in [0, 0.05) is 24.3 Å². The van der Waals surface area contributed by atoms with E-state index in [2.05, 4.69) is 4.98 Å². The summed E-state index contributed by atoms with van der Waals surface area (Å²) >= 11 is 5.87. The van der Waals surface area contributed by atoms with E-state index in [-0.39, 0.29) is 10.5 Å². The first-order valence-corrected chi connectivity index (χ1v) is 12.2. The lowest BCUT2D eigenvalue weighted by molar-refractivity contribution is 0.603. The zero-order valence-electron chi connectivity index (χ0n) is 17.2. The number of hydrogen-bond donors (Lipinski definition) is 0. The summed E-state index contributed by atoms with van der Waals surface area (Å²) in [6.07, 6.45) is 6.80. The van der Waals surface area contributed by atoms with Gasteiger partial charge in [0.2, 0.25) is 9.84 Å². The third-order valence-corrected chi connectivity index (χ3v) is 7.39. The van der Waals surface area contributed by atoms with Crippen molar-refractivity contribution < 1.29 is 8.42 Å². The number of aromatic nitrogens is 2. The second-order valence-corrected chi connectivity index (χ2v) is 9.92. The average Bonchev–Trinajstić information content (AvgIpc) is 3.08. The Bertz CT molecular complexity index is 1380. The predicted molar refractivity (Wildman–Crippen MR) is 124 cm³/mol. The Hall–Kier alpha value is -3.15. The molecule has 4 rings (SSSR count). The third kappa shape index (κ3) is 4.27. The van der Waals surface area contributed by atoms with Gasteiger partial charge in [-0.1, -0.05) is 30.5 Å². The molecule has 0 unspecified atom stereocenters. The molecule has 0 aliphatic carbocycles. The number of hydrogen-bond acceptors (Lipinski definition) is 6. The molecule has 1 aliphatic heterocycles. The Labute approximate surface area is 191 Å². The Morgan fingerprint density at radius 2 is 1.75 bits per heavy atom. The minimum atomic E-state index is -4.14. The number of halogens is 1. The fraction of sp³-hybridized carbons (Fsp3) is 0.261. The van der Waals surface area contributed by atoms with Gasteiger partial charge in [-0.05, 0) is 55.3 Å². The highest BCUT2D eigenvalue weighted by molar-refractivity contribution is 7.95. The molecule has 7 nitrogen and oxygen atoms in total. The maximum absolute atomic E-state index is 13.4. The lowest BCUT2D eigenvalue weighted by Gasteiger charge is -2.23. The Balaban J connectivity index is 1.93. The average molecular weight is 469 g/mol. The predicted octanol–water partition coefficient (Wildman–Crippen LogP) is 4.07. The van der Waals surface area contributed by atoms with E-state index in [1.165, 1.54) is 28.7 Å². The van der Waals surface area contributed by atoms with E-state index < -0.39 is 20.3 Å². The van der Waals surface area contributed by atoms with E-state index in [0.29, 0.717) is 29.6 Å². The monoisotopic (exact) mass is 468 g/mol. The standard InChI is InChI=1S/C23H21ClN4O3S/c24-17-8-10-18(11-9-17)32(30,31)19(16-25)15-20-22(27-12-4-1-2-5-13-27)26-21-7-3-6-14-28(21)23(20)29/h3,6-11,14-15H,1-2,4-5,12-13H2/b19-15+. The molecule has 3 aromatic rings. The zero-order chi connectivity index (χ0) is 22.7. The molecule has 1 aliphatic rings. The number of sulfone groups is 1. The molecule has 0 bridgehead atoms. The van der Waals surface area contributed by atoms with E-state index in [1.54, 1.807) is 30.5 Å². The summed E-state index contributed by atoms with van der Waals surface area (Å²) in [5.74, 6) is 0.405. The SMILES string of the molecule is N#C/C(=C\c1c(N2CCCCCC2)nc2ccccn2c1=O)S(=O)(=O)c1ccc(Cl)cc1. The second kappa shape index (κ2) is 9.15. The molecule has 1 saturated heterocycles. The van der Waals surface area contributed by atoms with Crippen LogP contribution < -0.4 is 10.5 Å². The number of rotatable bonds is 4.